The number of amidine groups is 1. The van der Waals surface area contributed by atoms with Gasteiger partial charge >= 0.3 is 0 Å². The van der Waals surface area contributed by atoms with Gasteiger partial charge in [-0.25, -0.2) is 0 Å². The molecule has 1 aromatic rings. The van der Waals surface area contributed by atoms with Gasteiger partial charge in [-0.05, 0) is 24.1 Å². The third-order valence-electron chi connectivity index (χ3n) is 3.45. The summed E-state index contributed by atoms with van der Waals surface area (Å²) in [5.41, 5.74) is 7.15. The number of benzene rings is 1. The minimum atomic E-state index is 0.0139. The van der Waals surface area contributed by atoms with Crippen molar-refractivity contribution in [3.05, 3.63) is 29.3 Å². The van der Waals surface area contributed by atoms with Gasteiger partial charge in [0.25, 0.3) is 0 Å². The maximum Gasteiger partial charge on any atom is 0.220 e. The zero-order valence-electron chi connectivity index (χ0n) is 11.9. The van der Waals surface area contributed by atoms with Crippen LogP contribution in [-0.2, 0) is 11.3 Å². The molecule has 1 atom stereocenters. The van der Waals surface area contributed by atoms with Gasteiger partial charge in [0.15, 0.2) is 5.84 Å². The maximum absolute atomic E-state index is 11.1. The van der Waals surface area contributed by atoms with Crippen LogP contribution in [0, 0.1) is 0 Å². The maximum atomic E-state index is 11.1. The Bertz CT molecular complexity index is 545. The van der Waals surface area contributed by atoms with Gasteiger partial charge in [0.2, 0.25) is 5.91 Å². The molecule has 1 fully saturated rings. The molecule has 1 unspecified atom stereocenters. The van der Waals surface area contributed by atoms with Crippen LogP contribution in [0.5, 0.6) is 5.75 Å². The molecule has 1 aromatic carbocycles. The highest BCUT2D eigenvalue weighted by Crippen LogP contribution is 2.20. The third kappa shape index (κ3) is 3.85. The summed E-state index contributed by atoms with van der Waals surface area (Å²) in [6.07, 6.45) is 1.48. The van der Waals surface area contributed by atoms with Gasteiger partial charge in [-0.1, -0.05) is 11.2 Å². The molecule has 1 aliphatic heterocycles. The van der Waals surface area contributed by atoms with E-state index in [0.29, 0.717) is 24.3 Å². The molecule has 7 nitrogen and oxygen atoms in total. The van der Waals surface area contributed by atoms with E-state index in [0.717, 1.165) is 18.5 Å². The summed E-state index contributed by atoms with van der Waals surface area (Å²) in [6, 6.07) is 5.68. The number of rotatable bonds is 6. The Labute approximate surface area is 123 Å². The average molecular weight is 292 g/mol. The number of hydrogen-bond acceptors (Lipinski definition) is 5. The van der Waals surface area contributed by atoms with Gasteiger partial charge in [0.1, 0.15) is 5.75 Å². The Balaban J connectivity index is 1.93. The smallest absolute Gasteiger partial charge is 0.220 e. The van der Waals surface area contributed by atoms with E-state index < -0.39 is 0 Å². The summed E-state index contributed by atoms with van der Waals surface area (Å²) in [7, 11) is 1.54. The van der Waals surface area contributed by atoms with Crippen molar-refractivity contribution in [2.75, 3.05) is 13.7 Å². The zero-order chi connectivity index (χ0) is 15.2. The van der Waals surface area contributed by atoms with Crippen molar-refractivity contribution in [3.8, 4) is 5.75 Å². The number of nitrogens with one attached hydrogen (secondary N) is 2. The first-order valence-electron chi connectivity index (χ1n) is 6.79. The Hall–Kier alpha value is -2.28. The number of nitrogens with zero attached hydrogens (tertiary/aromatic N) is 1. The fraction of sp³-hybridized carbons (Fsp3) is 0.429. The number of amides is 1. The molecule has 0 bridgehead atoms. The van der Waals surface area contributed by atoms with Crippen molar-refractivity contribution >= 4 is 11.7 Å². The second kappa shape index (κ2) is 6.94. The highest BCUT2D eigenvalue weighted by Gasteiger charge is 2.19. The van der Waals surface area contributed by atoms with Gasteiger partial charge < -0.3 is 26.3 Å². The Morgan fingerprint density at radius 1 is 1.62 bits per heavy atom. The first-order valence-corrected chi connectivity index (χ1v) is 6.79. The molecule has 0 aliphatic carbocycles. The fourth-order valence-corrected chi connectivity index (χ4v) is 2.33. The van der Waals surface area contributed by atoms with Gasteiger partial charge in [0, 0.05) is 25.6 Å². The summed E-state index contributed by atoms with van der Waals surface area (Å²) in [5, 5.41) is 17.9. The molecule has 0 spiro atoms. The molecule has 7 heteroatoms. The van der Waals surface area contributed by atoms with E-state index in [-0.39, 0.29) is 17.8 Å². The number of oxime groups is 1. The minimum absolute atomic E-state index is 0.0139. The van der Waals surface area contributed by atoms with Crippen LogP contribution in [0.1, 0.15) is 24.0 Å². The standard InChI is InChI=1S/C14H20N4O3/c1-21-12-6-9(2-4-11(12)14(15)18-20)7-16-8-10-3-5-13(19)17-10/h2,4,6,10,16,20H,3,5,7-8H2,1H3,(H2,15,18)(H,17,19). The van der Waals surface area contributed by atoms with Gasteiger partial charge in [-0.3, -0.25) is 4.79 Å². The van der Waals surface area contributed by atoms with Crippen molar-refractivity contribution in [2.45, 2.75) is 25.4 Å². The average Bonchev–Trinajstić information content (AvgIpc) is 2.91. The van der Waals surface area contributed by atoms with Crippen LogP contribution in [-0.4, -0.2) is 36.6 Å². The van der Waals surface area contributed by atoms with E-state index >= 15 is 0 Å². The minimum Gasteiger partial charge on any atom is -0.496 e. The molecular weight excluding hydrogens is 272 g/mol. The predicted molar refractivity (Wildman–Crippen MR) is 78.4 cm³/mol. The molecule has 5 N–H and O–H groups in total. The molecule has 0 radical (unpaired) electrons. The van der Waals surface area contributed by atoms with Crippen LogP contribution < -0.4 is 21.1 Å². The predicted octanol–water partition coefficient (Wildman–Crippen LogP) is 0.158. The number of hydrogen-bond donors (Lipinski definition) is 4. The second-order valence-electron chi connectivity index (χ2n) is 4.95. The Kier molecular flexibility index (Phi) is 4.99. The number of carbonyl (C=O) groups excluding carboxylic acids is 1. The van der Waals surface area contributed by atoms with Crippen molar-refractivity contribution in [2.24, 2.45) is 10.9 Å². The molecule has 1 aliphatic rings. The third-order valence-corrected chi connectivity index (χ3v) is 3.45. The van der Waals surface area contributed by atoms with Crippen LogP contribution in [0.2, 0.25) is 0 Å². The largest absolute Gasteiger partial charge is 0.496 e. The van der Waals surface area contributed by atoms with Gasteiger partial charge in [-0.2, -0.15) is 0 Å². The van der Waals surface area contributed by atoms with E-state index in [2.05, 4.69) is 15.8 Å². The second-order valence-corrected chi connectivity index (χ2v) is 4.95. The molecule has 1 saturated heterocycles. The number of methoxy groups -OCH3 is 1. The van der Waals surface area contributed by atoms with Crippen LogP contribution >= 0.6 is 0 Å². The molecule has 2 rings (SSSR count). The summed E-state index contributed by atoms with van der Waals surface area (Å²) >= 11 is 0. The Morgan fingerprint density at radius 3 is 3.05 bits per heavy atom. The topological polar surface area (TPSA) is 109 Å². The van der Waals surface area contributed by atoms with Crippen LogP contribution in [0.4, 0.5) is 0 Å². The van der Waals surface area contributed by atoms with Crippen molar-refractivity contribution in [3.63, 3.8) is 0 Å². The lowest BCUT2D eigenvalue weighted by atomic mass is 10.1. The quantitative estimate of drug-likeness (QED) is 0.258. The number of ether oxygens (including phenoxy) is 1. The SMILES string of the molecule is COc1cc(CNCC2CCC(=O)N2)ccc1/C(N)=N/O. The molecule has 114 valence electrons. The van der Waals surface area contributed by atoms with E-state index in [1.165, 1.54) is 7.11 Å². The van der Waals surface area contributed by atoms with E-state index in [1.807, 2.05) is 12.1 Å². The van der Waals surface area contributed by atoms with E-state index in [4.69, 9.17) is 15.7 Å². The van der Waals surface area contributed by atoms with Gasteiger partial charge in [0.05, 0.1) is 12.7 Å². The monoisotopic (exact) mass is 292 g/mol. The lowest BCUT2D eigenvalue weighted by Crippen LogP contribution is -2.35. The first-order chi connectivity index (χ1) is 10.1. The molecular formula is C14H20N4O3. The van der Waals surface area contributed by atoms with Crippen LogP contribution in [0.25, 0.3) is 0 Å². The fourth-order valence-electron chi connectivity index (χ4n) is 2.33. The molecule has 0 aromatic heterocycles. The van der Waals surface area contributed by atoms with E-state index in [9.17, 15) is 4.79 Å². The number of nitrogens with two attached hydrogens (primary N) is 1. The van der Waals surface area contributed by atoms with Crippen molar-refractivity contribution in [1.29, 1.82) is 0 Å². The zero-order valence-corrected chi connectivity index (χ0v) is 11.9. The Morgan fingerprint density at radius 2 is 2.43 bits per heavy atom. The number of carbonyl (C=O) groups is 1. The lowest BCUT2D eigenvalue weighted by Gasteiger charge is -2.13. The summed E-state index contributed by atoms with van der Waals surface area (Å²) in [5.74, 6) is 0.686. The molecule has 21 heavy (non-hydrogen) atoms. The molecule has 1 heterocycles. The van der Waals surface area contributed by atoms with Crippen LogP contribution in [0.15, 0.2) is 23.4 Å². The van der Waals surface area contributed by atoms with Gasteiger partial charge in [-0.15, -0.1) is 0 Å². The highest BCUT2D eigenvalue weighted by molar-refractivity contribution is 5.99. The highest BCUT2D eigenvalue weighted by atomic mass is 16.5. The van der Waals surface area contributed by atoms with Crippen molar-refractivity contribution < 1.29 is 14.7 Å². The molecule has 1 amide bonds. The normalized spacial score (nSPS) is 18.6. The molecule has 0 saturated carbocycles. The summed E-state index contributed by atoms with van der Waals surface area (Å²) < 4.78 is 5.25. The van der Waals surface area contributed by atoms with Crippen molar-refractivity contribution in [1.82, 2.24) is 10.6 Å². The lowest BCUT2D eigenvalue weighted by molar-refractivity contribution is -0.119. The summed E-state index contributed by atoms with van der Waals surface area (Å²) in [4.78, 5) is 11.1. The first kappa shape index (κ1) is 15.1. The van der Waals surface area contributed by atoms with E-state index in [1.54, 1.807) is 6.07 Å². The summed E-state index contributed by atoms with van der Waals surface area (Å²) in [6.45, 7) is 1.38. The van der Waals surface area contributed by atoms with Crippen LogP contribution in [0.3, 0.4) is 0 Å².